The zero-order valence-electron chi connectivity index (χ0n) is 12.4. The van der Waals surface area contributed by atoms with Gasteiger partial charge in [-0.1, -0.05) is 12.1 Å². The minimum Gasteiger partial charge on any atom is -0.462 e. The van der Waals surface area contributed by atoms with Crippen LogP contribution in [0, 0.1) is 5.82 Å². The summed E-state index contributed by atoms with van der Waals surface area (Å²) in [5.41, 5.74) is 5.80. The highest BCUT2D eigenvalue weighted by Gasteiger charge is 2.22. The molecule has 1 aromatic carbocycles. The van der Waals surface area contributed by atoms with Crippen LogP contribution in [0.3, 0.4) is 0 Å². The van der Waals surface area contributed by atoms with Crippen LogP contribution in [0.25, 0.3) is 11.4 Å². The van der Waals surface area contributed by atoms with Gasteiger partial charge in [0.15, 0.2) is 5.82 Å². The summed E-state index contributed by atoms with van der Waals surface area (Å²) in [6, 6.07) is 2.42. The number of nitrogens with zero attached hydrogens (tertiary/aromatic N) is 3. The lowest BCUT2D eigenvalue weighted by molar-refractivity contribution is -0.149. The zero-order chi connectivity index (χ0) is 17.1. The van der Waals surface area contributed by atoms with E-state index in [0.29, 0.717) is 4.68 Å². The van der Waals surface area contributed by atoms with Crippen LogP contribution in [0.2, 0.25) is 0 Å². The van der Waals surface area contributed by atoms with Crippen molar-refractivity contribution >= 4 is 5.97 Å². The Labute approximate surface area is 130 Å². The highest BCUT2D eigenvalue weighted by atomic mass is 19.3. The molecule has 0 saturated carbocycles. The first kappa shape index (κ1) is 16.9. The molecular formula is C14H15F3N4O2. The van der Waals surface area contributed by atoms with Crippen molar-refractivity contribution < 1.29 is 22.7 Å². The molecule has 124 valence electrons. The maximum atomic E-state index is 14.2. The second-order valence-corrected chi connectivity index (χ2v) is 5.03. The Morgan fingerprint density at radius 1 is 1.35 bits per heavy atom. The number of alkyl halides is 2. The van der Waals surface area contributed by atoms with Crippen molar-refractivity contribution in [3.63, 3.8) is 0 Å². The van der Waals surface area contributed by atoms with Gasteiger partial charge < -0.3 is 10.5 Å². The Hall–Kier alpha value is -2.42. The Balaban J connectivity index is 2.24. The van der Waals surface area contributed by atoms with Gasteiger partial charge in [0, 0.05) is 11.1 Å². The summed E-state index contributed by atoms with van der Waals surface area (Å²) in [6.07, 6.45) is 0.468. The molecular weight excluding hydrogens is 313 g/mol. The van der Waals surface area contributed by atoms with Gasteiger partial charge in [0.25, 0.3) is 0 Å². The molecule has 0 spiro atoms. The van der Waals surface area contributed by atoms with Crippen LogP contribution in [-0.2, 0) is 9.53 Å². The highest BCUT2D eigenvalue weighted by molar-refractivity contribution is 5.78. The van der Waals surface area contributed by atoms with E-state index in [9.17, 15) is 18.0 Å². The van der Waals surface area contributed by atoms with Gasteiger partial charge >= 0.3 is 12.5 Å². The van der Waals surface area contributed by atoms with Crippen molar-refractivity contribution in [2.75, 3.05) is 0 Å². The second kappa shape index (κ2) is 6.78. The lowest BCUT2D eigenvalue weighted by Gasteiger charge is -2.15. The van der Waals surface area contributed by atoms with Crippen LogP contribution in [0.15, 0.2) is 24.5 Å². The quantitative estimate of drug-likeness (QED) is 0.852. The number of rotatable bonds is 5. The molecule has 9 heteroatoms. The molecule has 0 amide bonds. The Kier molecular flexibility index (Phi) is 4.99. The molecule has 1 atom stereocenters. The topological polar surface area (TPSA) is 83.0 Å². The van der Waals surface area contributed by atoms with Crippen LogP contribution in [0.5, 0.6) is 0 Å². The fraction of sp³-hybridized carbons (Fsp3) is 0.357. The van der Waals surface area contributed by atoms with Crippen LogP contribution in [0.1, 0.15) is 32.0 Å². The molecule has 2 N–H and O–H groups in total. The minimum atomic E-state index is -2.83. The van der Waals surface area contributed by atoms with Gasteiger partial charge in [-0.25, -0.2) is 14.2 Å². The Morgan fingerprint density at radius 3 is 2.57 bits per heavy atom. The smallest absolute Gasteiger partial charge is 0.334 e. The van der Waals surface area contributed by atoms with E-state index in [1.807, 2.05) is 0 Å². The second-order valence-electron chi connectivity index (χ2n) is 5.03. The Bertz CT molecular complexity index is 703. The molecule has 0 radical (unpaired) electrons. The molecule has 2 rings (SSSR count). The average molecular weight is 328 g/mol. The van der Waals surface area contributed by atoms with Crippen molar-refractivity contribution in [3.05, 3.63) is 35.9 Å². The number of nitrogens with two attached hydrogens (primary N) is 1. The predicted molar refractivity (Wildman–Crippen MR) is 74.8 cm³/mol. The number of hydrogen-bond donors (Lipinski definition) is 1. The van der Waals surface area contributed by atoms with Crippen LogP contribution < -0.4 is 5.73 Å². The fourth-order valence-electron chi connectivity index (χ4n) is 1.85. The molecule has 0 saturated heterocycles. The highest BCUT2D eigenvalue weighted by Crippen LogP contribution is 2.23. The molecule has 0 aliphatic heterocycles. The molecule has 0 fully saturated rings. The number of esters is 1. The summed E-state index contributed by atoms with van der Waals surface area (Å²) < 4.78 is 44.3. The lowest BCUT2D eigenvalue weighted by atomic mass is 10.0. The number of carbonyl (C=O) groups is 1. The molecule has 6 nitrogen and oxygen atoms in total. The summed E-state index contributed by atoms with van der Waals surface area (Å²) in [7, 11) is 0. The third-order valence-corrected chi connectivity index (χ3v) is 2.91. The van der Waals surface area contributed by atoms with Gasteiger partial charge in [0.05, 0.1) is 6.10 Å². The minimum absolute atomic E-state index is 0.0610. The first-order valence-corrected chi connectivity index (χ1v) is 6.74. The third kappa shape index (κ3) is 3.86. The summed E-state index contributed by atoms with van der Waals surface area (Å²) in [5.74, 6) is -1.59. The van der Waals surface area contributed by atoms with Gasteiger partial charge in [-0.15, -0.1) is 5.10 Å². The number of ether oxygens (including phenoxy) is 1. The molecule has 1 aromatic heterocycles. The van der Waals surface area contributed by atoms with E-state index >= 15 is 0 Å². The summed E-state index contributed by atoms with van der Waals surface area (Å²) in [5, 5.41) is 3.54. The van der Waals surface area contributed by atoms with E-state index in [0.717, 1.165) is 12.4 Å². The maximum absolute atomic E-state index is 14.2. The standard InChI is InChI=1S/C14H15F3N4O2/c1-7(2)23-13(22)11(18)9-4-3-8(5-10(9)15)12-19-6-21(20-12)14(16)17/h3-7,11,14H,18H2,1-2H3. The number of halogens is 3. The van der Waals surface area contributed by atoms with Gasteiger partial charge in [-0.3, -0.25) is 0 Å². The van der Waals surface area contributed by atoms with Crippen molar-refractivity contribution in [1.82, 2.24) is 14.8 Å². The average Bonchev–Trinajstić information content (AvgIpc) is 2.95. The van der Waals surface area contributed by atoms with Crippen molar-refractivity contribution in [3.8, 4) is 11.4 Å². The van der Waals surface area contributed by atoms with E-state index in [-0.39, 0.29) is 23.1 Å². The van der Waals surface area contributed by atoms with E-state index < -0.39 is 24.4 Å². The summed E-state index contributed by atoms with van der Waals surface area (Å²) >= 11 is 0. The molecule has 0 bridgehead atoms. The van der Waals surface area contributed by atoms with Crippen molar-refractivity contribution in [2.45, 2.75) is 32.5 Å². The van der Waals surface area contributed by atoms with Gasteiger partial charge in [-0.05, 0) is 19.9 Å². The van der Waals surface area contributed by atoms with E-state index in [2.05, 4.69) is 10.1 Å². The van der Waals surface area contributed by atoms with E-state index in [4.69, 9.17) is 10.5 Å². The van der Waals surface area contributed by atoms with Gasteiger partial charge in [0.2, 0.25) is 0 Å². The molecule has 2 aromatic rings. The molecule has 1 heterocycles. The number of aromatic nitrogens is 3. The normalized spacial score (nSPS) is 12.7. The number of benzene rings is 1. The first-order chi connectivity index (χ1) is 10.8. The first-order valence-electron chi connectivity index (χ1n) is 6.74. The molecule has 23 heavy (non-hydrogen) atoms. The van der Waals surface area contributed by atoms with E-state index in [1.165, 1.54) is 12.1 Å². The summed E-state index contributed by atoms with van der Waals surface area (Å²) in [4.78, 5) is 15.4. The number of carbonyl (C=O) groups excluding carboxylic acids is 1. The SMILES string of the molecule is CC(C)OC(=O)C(N)c1ccc(-c2ncn(C(F)F)n2)cc1F. The largest absolute Gasteiger partial charge is 0.462 e. The monoisotopic (exact) mass is 328 g/mol. The fourth-order valence-corrected chi connectivity index (χ4v) is 1.85. The van der Waals surface area contributed by atoms with Crippen LogP contribution in [0.4, 0.5) is 13.2 Å². The summed E-state index contributed by atoms with van der Waals surface area (Å²) in [6.45, 7) is 0.462. The van der Waals surface area contributed by atoms with Crippen LogP contribution >= 0.6 is 0 Å². The van der Waals surface area contributed by atoms with Crippen molar-refractivity contribution in [1.29, 1.82) is 0 Å². The van der Waals surface area contributed by atoms with Gasteiger partial charge in [0.1, 0.15) is 18.2 Å². The van der Waals surface area contributed by atoms with Crippen molar-refractivity contribution in [2.24, 2.45) is 5.73 Å². The Morgan fingerprint density at radius 2 is 2.04 bits per heavy atom. The predicted octanol–water partition coefficient (Wildman–Crippen LogP) is 2.43. The maximum Gasteiger partial charge on any atom is 0.334 e. The molecule has 0 aliphatic rings. The molecule has 1 unspecified atom stereocenters. The third-order valence-electron chi connectivity index (χ3n) is 2.91. The number of hydrogen-bond acceptors (Lipinski definition) is 5. The lowest BCUT2D eigenvalue weighted by Crippen LogP contribution is -2.26. The molecule has 0 aliphatic carbocycles. The zero-order valence-corrected chi connectivity index (χ0v) is 12.4. The van der Waals surface area contributed by atoms with Crippen LogP contribution in [-0.4, -0.2) is 26.8 Å². The van der Waals surface area contributed by atoms with Gasteiger partial charge in [-0.2, -0.15) is 13.5 Å². The van der Waals surface area contributed by atoms with E-state index in [1.54, 1.807) is 13.8 Å².